The van der Waals surface area contributed by atoms with Crippen LogP contribution in [0, 0.1) is 0 Å². The van der Waals surface area contributed by atoms with E-state index in [-0.39, 0.29) is 17.3 Å². The van der Waals surface area contributed by atoms with Gasteiger partial charge in [-0.2, -0.15) is 0 Å². The van der Waals surface area contributed by atoms with E-state index in [1.54, 1.807) is 12.1 Å². The van der Waals surface area contributed by atoms with Crippen molar-refractivity contribution in [3.8, 4) is 5.75 Å². The van der Waals surface area contributed by atoms with Crippen LogP contribution < -0.4 is 10.6 Å². The summed E-state index contributed by atoms with van der Waals surface area (Å²) in [6, 6.07) is 4.79. The molecule has 0 fully saturated rings. The van der Waals surface area contributed by atoms with Crippen molar-refractivity contribution in [1.82, 2.24) is 0 Å². The van der Waals surface area contributed by atoms with Crippen molar-refractivity contribution in [2.24, 2.45) is 5.90 Å². The van der Waals surface area contributed by atoms with Crippen LogP contribution in [0.4, 0.5) is 0 Å². The zero-order chi connectivity index (χ0) is 11.5. The van der Waals surface area contributed by atoms with Crippen molar-refractivity contribution in [1.29, 1.82) is 0 Å². The number of sulfone groups is 1. The van der Waals surface area contributed by atoms with Crippen molar-refractivity contribution in [2.75, 3.05) is 13.4 Å². The summed E-state index contributed by atoms with van der Waals surface area (Å²) < 4.78 is 27.9. The van der Waals surface area contributed by atoms with Crippen molar-refractivity contribution >= 4 is 9.84 Å². The van der Waals surface area contributed by atoms with Gasteiger partial charge in [-0.1, -0.05) is 12.1 Å². The SMILES string of the molecule is COc1c(CON)cccc1S(C)(=O)=O. The first kappa shape index (κ1) is 12.0. The standard InChI is InChI=1S/C9H13NO4S/c1-13-9-7(6-14-10)4-3-5-8(9)15(2,11)12/h3-5H,6,10H2,1-2H3. The largest absolute Gasteiger partial charge is 0.495 e. The van der Waals surface area contributed by atoms with Gasteiger partial charge in [0.1, 0.15) is 10.6 Å². The molecular formula is C9H13NO4S. The zero-order valence-electron chi connectivity index (χ0n) is 8.56. The monoisotopic (exact) mass is 231 g/mol. The third-order valence-corrected chi connectivity index (χ3v) is 3.02. The van der Waals surface area contributed by atoms with Crippen LogP contribution in [0.3, 0.4) is 0 Å². The van der Waals surface area contributed by atoms with Gasteiger partial charge in [-0.25, -0.2) is 14.3 Å². The van der Waals surface area contributed by atoms with Crippen molar-refractivity contribution in [3.63, 3.8) is 0 Å². The maximum absolute atomic E-state index is 11.4. The predicted octanol–water partition coefficient (Wildman–Crippen LogP) is 0.489. The fourth-order valence-corrected chi connectivity index (χ4v) is 2.17. The van der Waals surface area contributed by atoms with Crippen LogP contribution in [0.15, 0.2) is 23.1 Å². The van der Waals surface area contributed by atoms with Crippen LogP contribution in [-0.2, 0) is 21.3 Å². The minimum absolute atomic E-state index is 0.104. The smallest absolute Gasteiger partial charge is 0.179 e. The lowest BCUT2D eigenvalue weighted by atomic mass is 10.2. The molecule has 0 aromatic heterocycles. The molecule has 0 aliphatic rings. The summed E-state index contributed by atoms with van der Waals surface area (Å²) >= 11 is 0. The van der Waals surface area contributed by atoms with Crippen LogP contribution in [0.1, 0.15) is 5.56 Å². The average Bonchev–Trinajstić information content (AvgIpc) is 2.16. The molecule has 84 valence electrons. The van der Waals surface area contributed by atoms with E-state index in [9.17, 15) is 8.42 Å². The van der Waals surface area contributed by atoms with Gasteiger partial charge in [-0.15, -0.1) is 0 Å². The lowest BCUT2D eigenvalue weighted by Crippen LogP contribution is -2.06. The minimum Gasteiger partial charge on any atom is -0.495 e. The summed E-state index contributed by atoms with van der Waals surface area (Å²) in [7, 11) is -1.90. The molecule has 0 aliphatic carbocycles. The zero-order valence-corrected chi connectivity index (χ0v) is 9.37. The molecule has 0 aliphatic heterocycles. The van der Waals surface area contributed by atoms with Gasteiger partial charge in [-0.05, 0) is 6.07 Å². The molecule has 6 heteroatoms. The van der Waals surface area contributed by atoms with Crippen LogP contribution >= 0.6 is 0 Å². The van der Waals surface area contributed by atoms with E-state index < -0.39 is 9.84 Å². The van der Waals surface area contributed by atoms with E-state index in [1.165, 1.54) is 13.2 Å². The Morgan fingerprint density at radius 3 is 2.53 bits per heavy atom. The van der Waals surface area contributed by atoms with Gasteiger partial charge in [-0.3, -0.25) is 4.84 Å². The van der Waals surface area contributed by atoms with Gasteiger partial charge >= 0.3 is 0 Å². The Morgan fingerprint density at radius 2 is 2.07 bits per heavy atom. The van der Waals surface area contributed by atoms with E-state index in [1.807, 2.05) is 0 Å². The molecule has 0 bridgehead atoms. The number of para-hydroxylation sites is 1. The molecule has 0 spiro atoms. The molecule has 15 heavy (non-hydrogen) atoms. The maximum atomic E-state index is 11.4. The van der Waals surface area contributed by atoms with Crippen LogP contribution in [0.2, 0.25) is 0 Å². The highest BCUT2D eigenvalue weighted by Gasteiger charge is 2.16. The maximum Gasteiger partial charge on any atom is 0.179 e. The Balaban J connectivity index is 3.35. The Kier molecular flexibility index (Phi) is 3.67. The second-order valence-corrected chi connectivity index (χ2v) is 5.02. The second-order valence-electron chi connectivity index (χ2n) is 3.03. The molecule has 0 unspecified atom stereocenters. The highest BCUT2D eigenvalue weighted by Crippen LogP contribution is 2.28. The molecule has 1 aromatic rings. The van der Waals surface area contributed by atoms with Gasteiger partial charge in [0.2, 0.25) is 0 Å². The number of hydrogen-bond donors (Lipinski definition) is 1. The number of methoxy groups -OCH3 is 1. The number of benzene rings is 1. The van der Waals surface area contributed by atoms with Gasteiger partial charge in [0.05, 0.1) is 13.7 Å². The predicted molar refractivity (Wildman–Crippen MR) is 55.1 cm³/mol. The average molecular weight is 231 g/mol. The molecule has 1 aromatic carbocycles. The molecule has 5 nitrogen and oxygen atoms in total. The quantitative estimate of drug-likeness (QED) is 0.763. The Hall–Kier alpha value is -1.11. The first-order chi connectivity index (χ1) is 7.00. The number of hydrogen-bond acceptors (Lipinski definition) is 5. The fourth-order valence-electron chi connectivity index (χ4n) is 1.29. The molecule has 2 N–H and O–H groups in total. The van der Waals surface area contributed by atoms with Gasteiger partial charge in [0, 0.05) is 11.8 Å². The third-order valence-electron chi connectivity index (χ3n) is 1.90. The van der Waals surface area contributed by atoms with E-state index in [0.717, 1.165) is 6.26 Å². The molecule has 1 rings (SSSR count). The Labute approximate surface area is 88.7 Å². The number of nitrogens with two attached hydrogens (primary N) is 1. The van der Waals surface area contributed by atoms with E-state index in [2.05, 4.69) is 4.84 Å². The summed E-state index contributed by atoms with van der Waals surface area (Å²) in [5.74, 6) is 5.22. The molecule has 0 saturated carbocycles. The molecule has 0 atom stereocenters. The molecule has 0 radical (unpaired) electrons. The van der Waals surface area contributed by atoms with Crippen LogP contribution in [0.5, 0.6) is 5.75 Å². The molecule has 0 amide bonds. The molecule has 0 saturated heterocycles. The van der Waals surface area contributed by atoms with Gasteiger partial charge in [0.15, 0.2) is 9.84 Å². The van der Waals surface area contributed by atoms with Gasteiger partial charge in [0.25, 0.3) is 0 Å². The van der Waals surface area contributed by atoms with Crippen LogP contribution in [0.25, 0.3) is 0 Å². The lowest BCUT2D eigenvalue weighted by Gasteiger charge is -2.11. The summed E-state index contributed by atoms with van der Waals surface area (Å²) in [5.41, 5.74) is 0.600. The van der Waals surface area contributed by atoms with Crippen molar-refractivity contribution in [3.05, 3.63) is 23.8 Å². The van der Waals surface area contributed by atoms with E-state index in [4.69, 9.17) is 10.6 Å². The second kappa shape index (κ2) is 4.61. The summed E-state index contributed by atoms with van der Waals surface area (Å²) in [6.45, 7) is 0.104. The highest BCUT2D eigenvalue weighted by molar-refractivity contribution is 7.90. The number of rotatable bonds is 4. The van der Waals surface area contributed by atoms with Gasteiger partial charge < -0.3 is 4.74 Å². The Bertz CT molecular complexity index is 441. The highest BCUT2D eigenvalue weighted by atomic mass is 32.2. The van der Waals surface area contributed by atoms with E-state index >= 15 is 0 Å². The van der Waals surface area contributed by atoms with Crippen LogP contribution in [-0.4, -0.2) is 21.8 Å². The first-order valence-corrected chi connectivity index (χ1v) is 6.07. The minimum atomic E-state index is -3.31. The summed E-state index contributed by atoms with van der Waals surface area (Å²) in [5, 5.41) is 0. The summed E-state index contributed by atoms with van der Waals surface area (Å²) in [4.78, 5) is 4.60. The molecular weight excluding hydrogens is 218 g/mol. The Morgan fingerprint density at radius 1 is 1.40 bits per heavy atom. The topological polar surface area (TPSA) is 78.6 Å². The molecule has 0 heterocycles. The van der Waals surface area contributed by atoms with Crippen molar-refractivity contribution in [2.45, 2.75) is 11.5 Å². The number of ether oxygens (including phenoxy) is 1. The fraction of sp³-hybridized carbons (Fsp3) is 0.333. The first-order valence-electron chi connectivity index (χ1n) is 4.18. The lowest BCUT2D eigenvalue weighted by molar-refractivity contribution is 0.121. The van der Waals surface area contributed by atoms with Crippen molar-refractivity contribution < 1.29 is 18.0 Å². The summed E-state index contributed by atoms with van der Waals surface area (Å²) in [6.07, 6.45) is 1.12. The third kappa shape index (κ3) is 2.68. The van der Waals surface area contributed by atoms with E-state index in [0.29, 0.717) is 5.56 Å². The normalized spacial score (nSPS) is 11.4.